The van der Waals surface area contributed by atoms with Crippen molar-refractivity contribution in [1.29, 1.82) is 5.26 Å². The first-order valence-electron chi connectivity index (χ1n) is 5.39. The van der Waals surface area contributed by atoms with Crippen molar-refractivity contribution in [2.45, 2.75) is 39.5 Å². The molecule has 1 N–H and O–H groups in total. The molecule has 0 unspecified atom stereocenters. The van der Waals surface area contributed by atoms with Gasteiger partial charge < -0.3 is 9.73 Å². The summed E-state index contributed by atoms with van der Waals surface area (Å²) < 4.78 is 5.27. The topological polar surface area (TPSA) is 61.9 Å². The number of hydrogen-bond donors (Lipinski definition) is 1. The Balaban J connectivity index is 2.34. The highest BCUT2D eigenvalue weighted by atomic mass is 16.4. The molecule has 0 aromatic carbocycles. The maximum absolute atomic E-state index is 8.76. The maximum Gasteiger partial charge on any atom is 0.232 e. The van der Waals surface area contributed by atoms with Gasteiger partial charge in [-0.25, -0.2) is 4.98 Å². The summed E-state index contributed by atoms with van der Waals surface area (Å²) in [6, 6.07) is 2.00. The highest BCUT2D eigenvalue weighted by molar-refractivity contribution is 5.44. The van der Waals surface area contributed by atoms with E-state index in [1.165, 1.54) is 19.3 Å². The molecule has 0 atom stereocenters. The molecular formula is C11H17N3O. The number of aryl methyl sites for hydroxylation is 1. The SMILES string of the molecule is CCCCCCNc1oc(C)nc1C#N. The lowest BCUT2D eigenvalue weighted by Gasteiger charge is -2.01. The molecule has 0 aliphatic carbocycles. The summed E-state index contributed by atoms with van der Waals surface area (Å²) in [5.41, 5.74) is 0.350. The van der Waals surface area contributed by atoms with Gasteiger partial charge in [-0.15, -0.1) is 0 Å². The second-order valence-corrected chi connectivity index (χ2v) is 3.51. The summed E-state index contributed by atoms with van der Waals surface area (Å²) in [5, 5.41) is 11.9. The van der Waals surface area contributed by atoms with Crippen LogP contribution in [0.5, 0.6) is 0 Å². The van der Waals surface area contributed by atoms with Crippen molar-refractivity contribution in [3.05, 3.63) is 11.6 Å². The zero-order chi connectivity index (χ0) is 11.1. The zero-order valence-corrected chi connectivity index (χ0v) is 9.34. The van der Waals surface area contributed by atoms with Gasteiger partial charge in [-0.05, 0) is 6.42 Å². The number of rotatable bonds is 6. The molecule has 0 radical (unpaired) electrons. The number of nitrogens with one attached hydrogen (secondary N) is 1. The number of anilines is 1. The third-order valence-electron chi connectivity index (χ3n) is 2.16. The highest BCUT2D eigenvalue weighted by Crippen LogP contribution is 2.15. The lowest BCUT2D eigenvalue weighted by Crippen LogP contribution is -2.01. The molecule has 1 heterocycles. The molecule has 1 aromatic heterocycles. The van der Waals surface area contributed by atoms with Crippen LogP contribution in [0.4, 0.5) is 5.88 Å². The van der Waals surface area contributed by atoms with Gasteiger partial charge in [0, 0.05) is 13.5 Å². The fourth-order valence-corrected chi connectivity index (χ4v) is 1.38. The highest BCUT2D eigenvalue weighted by Gasteiger charge is 2.08. The van der Waals surface area contributed by atoms with E-state index >= 15 is 0 Å². The van der Waals surface area contributed by atoms with E-state index in [0.717, 1.165) is 13.0 Å². The van der Waals surface area contributed by atoms with Gasteiger partial charge in [-0.2, -0.15) is 5.26 Å². The lowest BCUT2D eigenvalue weighted by atomic mass is 10.2. The third-order valence-corrected chi connectivity index (χ3v) is 2.16. The fraction of sp³-hybridized carbons (Fsp3) is 0.636. The van der Waals surface area contributed by atoms with Gasteiger partial charge in [-0.3, -0.25) is 0 Å². The van der Waals surface area contributed by atoms with Crippen LogP contribution in [0.1, 0.15) is 44.2 Å². The van der Waals surface area contributed by atoms with Crippen LogP contribution in [0.25, 0.3) is 0 Å². The number of nitrogens with zero attached hydrogens (tertiary/aromatic N) is 2. The molecular weight excluding hydrogens is 190 g/mol. The minimum Gasteiger partial charge on any atom is -0.424 e. The zero-order valence-electron chi connectivity index (χ0n) is 9.34. The smallest absolute Gasteiger partial charge is 0.232 e. The minimum atomic E-state index is 0.350. The first-order valence-corrected chi connectivity index (χ1v) is 5.39. The third kappa shape index (κ3) is 3.62. The van der Waals surface area contributed by atoms with Gasteiger partial charge in [0.25, 0.3) is 0 Å². The van der Waals surface area contributed by atoms with Gasteiger partial charge in [-0.1, -0.05) is 26.2 Å². The minimum absolute atomic E-state index is 0.350. The van der Waals surface area contributed by atoms with E-state index in [2.05, 4.69) is 17.2 Å². The fourth-order valence-electron chi connectivity index (χ4n) is 1.38. The number of aromatic nitrogens is 1. The Hall–Kier alpha value is -1.50. The van der Waals surface area contributed by atoms with Crippen molar-refractivity contribution in [3.8, 4) is 6.07 Å². The number of oxazole rings is 1. The molecule has 82 valence electrons. The molecule has 0 fully saturated rings. The van der Waals surface area contributed by atoms with Crippen LogP contribution in [0, 0.1) is 18.3 Å². The summed E-state index contributed by atoms with van der Waals surface area (Å²) in [7, 11) is 0. The largest absolute Gasteiger partial charge is 0.424 e. The van der Waals surface area contributed by atoms with Crippen LogP contribution in [0.3, 0.4) is 0 Å². The lowest BCUT2D eigenvalue weighted by molar-refractivity contribution is 0.530. The summed E-state index contributed by atoms with van der Waals surface area (Å²) in [5.74, 6) is 1.04. The average molecular weight is 207 g/mol. The predicted octanol–water partition coefficient (Wildman–Crippen LogP) is 2.85. The quantitative estimate of drug-likeness (QED) is 0.728. The van der Waals surface area contributed by atoms with Crippen LogP contribution in [0.15, 0.2) is 4.42 Å². The molecule has 0 saturated carbocycles. The molecule has 0 aliphatic heterocycles. The molecule has 1 rings (SSSR count). The summed E-state index contributed by atoms with van der Waals surface area (Å²) in [6.45, 7) is 4.76. The first-order chi connectivity index (χ1) is 7.27. The van der Waals surface area contributed by atoms with Crippen LogP contribution < -0.4 is 5.32 Å². The first kappa shape index (κ1) is 11.6. The van der Waals surface area contributed by atoms with Gasteiger partial charge in [0.05, 0.1) is 0 Å². The van der Waals surface area contributed by atoms with E-state index in [1.807, 2.05) is 6.07 Å². The van der Waals surface area contributed by atoms with Crippen molar-refractivity contribution >= 4 is 5.88 Å². The summed E-state index contributed by atoms with van der Waals surface area (Å²) in [4.78, 5) is 3.95. The molecule has 0 bridgehead atoms. The molecule has 0 spiro atoms. The van der Waals surface area contributed by atoms with Gasteiger partial charge in [0.15, 0.2) is 5.89 Å². The second kappa shape index (κ2) is 6.07. The van der Waals surface area contributed by atoms with E-state index in [0.29, 0.717) is 17.5 Å². The van der Waals surface area contributed by atoms with Gasteiger partial charge >= 0.3 is 0 Å². The van der Waals surface area contributed by atoms with Crippen LogP contribution in [0.2, 0.25) is 0 Å². The predicted molar refractivity (Wildman–Crippen MR) is 58.6 cm³/mol. The number of nitriles is 1. The molecule has 4 heteroatoms. The average Bonchev–Trinajstić information content (AvgIpc) is 2.59. The van der Waals surface area contributed by atoms with Crippen molar-refractivity contribution in [1.82, 2.24) is 4.98 Å². The Kier molecular flexibility index (Phi) is 4.69. The van der Waals surface area contributed by atoms with Crippen molar-refractivity contribution in [2.75, 3.05) is 11.9 Å². The van der Waals surface area contributed by atoms with Crippen LogP contribution in [-0.4, -0.2) is 11.5 Å². The number of hydrogen-bond acceptors (Lipinski definition) is 4. The van der Waals surface area contributed by atoms with Gasteiger partial charge in [0.1, 0.15) is 6.07 Å². The number of unbranched alkanes of at least 4 members (excludes halogenated alkanes) is 3. The molecule has 4 nitrogen and oxygen atoms in total. The molecule has 0 aliphatic rings. The molecule has 15 heavy (non-hydrogen) atoms. The Bertz CT molecular complexity index is 338. The van der Waals surface area contributed by atoms with Crippen LogP contribution in [-0.2, 0) is 0 Å². The van der Waals surface area contributed by atoms with E-state index in [9.17, 15) is 0 Å². The van der Waals surface area contributed by atoms with E-state index in [-0.39, 0.29) is 0 Å². The molecule has 0 saturated heterocycles. The summed E-state index contributed by atoms with van der Waals surface area (Å²) in [6.07, 6.45) is 4.78. The van der Waals surface area contributed by atoms with E-state index in [1.54, 1.807) is 6.92 Å². The second-order valence-electron chi connectivity index (χ2n) is 3.51. The van der Waals surface area contributed by atoms with Gasteiger partial charge in [0.2, 0.25) is 11.6 Å². The Morgan fingerprint density at radius 1 is 1.40 bits per heavy atom. The molecule has 1 aromatic rings. The Morgan fingerprint density at radius 3 is 2.87 bits per heavy atom. The normalized spacial score (nSPS) is 9.93. The van der Waals surface area contributed by atoms with E-state index in [4.69, 9.17) is 9.68 Å². The van der Waals surface area contributed by atoms with Crippen molar-refractivity contribution in [3.63, 3.8) is 0 Å². The standard InChI is InChI=1S/C11H17N3O/c1-3-4-5-6-7-13-11-10(8-12)14-9(2)15-11/h13H,3-7H2,1-2H3. The van der Waals surface area contributed by atoms with E-state index < -0.39 is 0 Å². The summed E-state index contributed by atoms with van der Waals surface area (Å²) >= 11 is 0. The monoisotopic (exact) mass is 207 g/mol. The maximum atomic E-state index is 8.76. The Morgan fingerprint density at radius 2 is 2.20 bits per heavy atom. The van der Waals surface area contributed by atoms with Crippen molar-refractivity contribution in [2.24, 2.45) is 0 Å². The van der Waals surface area contributed by atoms with Crippen LogP contribution >= 0.6 is 0 Å². The Labute approximate surface area is 90.3 Å². The van der Waals surface area contributed by atoms with Crippen molar-refractivity contribution < 1.29 is 4.42 Å². The molecule has 0 amide bonds.